The Morgan fingerprint density at radius 2 is 2.12 bits per heavy atom. The third kappa shape index (κ3) is 2.73. The predicted octanol–water partition coefficient (Wildman–Crippen LogP) is 4.45. The highest BCUT2D eigenvalue weighted by molar-refractivity contribution is 5.61. The zero-order chi connectivity index (χ0) is 17.5. The number of fused-ring (bicyclic) bond motifs is 1. The molecular weight excluding hydrogens is 302 g/mol. The molecule has 0 aromatic carbocycles. The standard InChI is InChI=1S/C20H23NO3/c1-12(11-15-7-6-10-21-15)8-9-16-13(2)18-17(19(22)24-16)20(4,5)14(3)23-18/h6-11,14,21H,1-5H3. The fourth-order valence-electron chi connectivity index (χ4n) is 2.94. The Hall–Kier alpha value is -2.49. The van der Waals surface area contributed by atoms with Gasteiger partial charge in [0, 0.05) is 22.9 Å². The first-order chi connectivity index (χ1) is 11.3. The minimum atomic E-state index is -0.341. The number of hydrogen-bond acceptors (Lipinski definition) is 3. The summed E-state index contributed by atoms with van der Waals surface area (Å²) in [7, 11) is 0. The van der Waals surface area contributed by atoms with E-state index in [9.17, 15) is 4.79 Å². The van der Waals surface area contributed by atoms with E-state index < -0.39 is 0 Å². The molecule has 0 radical (unpaired) electrons. The van der Waals surface area contributed by atoms with E-state index >= 15 is 0 Å². The Kier molecular flexibility index (Phi) is 3.99. The SMILES string of the molecule is CC(C=Cc1oc(=O)c2c(c1C)OC(C)C2(C)C)=Cc1ccc[nH]1. The molecule has 3 rings (SSSR count). The first-order valence-corrected chi connectivity index (χ1v) is 8.15. The van der Waals surface area contributed by atoms with Crippen molar-refractivity contribution < 1.29 is 9.15 Å². The van der Waals surface area contributed by atoms with Crippen LogP contribution in [-0.2, 0) is 5.41 Å². The Labute approximate surface area is 141 Å². The second-order valence-corrected chi connectivity index (χ2v) is 6.91. The second-order valence-electron chi connectivity index (χ2n) is 6.91. The van der Waals surface area contributed by atoms with E-state index in [4.69, 9.17) is 9.15 Å². The summed E-state index contributed by atoms with van der Waals surface area (Å²) in [5.41, 5.74) is 2.94. The first kappa shape index (κ1) is 16.4. The van der Waals surface area contributed by atoms with Gasteiger partial charge in [-0.05, 0) is 50.6 Å². The summed E-state index contributed by atoms with van der Waals surface area (Å²) >= 11 is 0. The van der Waals surface area contributed by atoms with Crippen LogP contribution < -0.4 is 10.4 Å². The zero-order valence-electron chi connectivity index (χ0n) is 14.8. The minimum absolute atomic E-state index is 0.0529. The quantitative estimate of drug-likeness (QED) is 0.848. The van der Waals surface area contributed by atoms with Gasteiger partial charge >= 0.3 is 5.63 Å². The smallest absolute Gasteiger partial charge is 0.343 e. The largest absolute Gasteiger partial charge is 0.489 e. The number of ether oxygens (including phenoxy) is 1. The monoisotopic (exact) mass is 325 g/mol. The molecule has 126 valence electrons. The van der Waals surface area contributed by atoms with Gasteiger partial charge in [0.05, 0.1) is 5.56 Å². The Morgan fingerprint density at radius 1 is 1.38 bits per heavy atom. The molecule has 0 aliphatic carbocycles. The number of nitrogens with one attached hydrogen (secondary N) is 1. The number of allylic oxidation sites excluding steroid dienone is 2. The van der Waals surface area contributed by atoms with Crippen molar-refractivity contribution in [3.05, 3.63) is 63.0 Å². The van der Waals surface area contributed by atoms with Gasteiger partial charge in [-0.15, -0.1) is 0 Å². The molecule has 1 N–H and O–H groups in total. The number of aromatic nitrogens is 1. The number of rotatable bonds is 3. The summed E-state index contributed by atoms with van der Waals surface area (Å²) in [5, 5.41) is 0. The van der Waals surface area contributed by atoms with Crippen molar-refractivity contribution in [1.82, 2.24) is 4.98 Å². The second kappa shape index (κ2) is 5.86. The molecule has 0 saturated carbocycles. The van der Waals surface area contributed by atoms with Gasteiger partial charge in [0.25, 0.3) is 0 Å². The third-order valence-electron chi connectivity index (χ3n) is 4.80. The lowest BCUT2D eigenvalue weighted by Gasteiger charge is -2.20. The van der Waals surface area contributed by atoms with Crippen molar-refractivity contribution in [3.63, 3.8) is 0 Å². The highest BCUT2D eigenvalue weighted by Gasteiger charge is 2.43. The fraction of sp³-hybridized carbons (Fsp3) is 0.350. The average molecular weight is 325 g/mol. The van der Waals surface area contributed by atoms with Crippen molar-refractivity contribution >= 4 is 12.2 Å². The highest BCUT2D eigenvalue weighted by Crippen LogP contribution is 2.43. The lowest BCUT2D eigenvalue weighted by Crippen LogP contribution is -2.32. The summed E-state index contributed by atoms with van der Waals surface area (Å²) in [6.45, 7) is 9.94. The van der Waals surface area contributed by atoms with Gasteiger partial charge in [0.15, 0.2) is 0 Å². The molecule has 2 aromatic rings. The van der Waals surface area contributed by atoms with E-state index in [-0.39, 0.29) is 17.1 Å². The fourth-order valence-corrected chi connectivity index (χ4v) is 2.94. The summed E-state index contributed by atoms with van der Waals surface area (Å²) in [6, 6.07) is 3.95. The van der Waals surface area contributed by atoms with Crippen molar-refractivity contribution in [2.45, 2.75) is 46.1 Å². The molecule has 1 aliphatic heterocycles. The van der Waals surface area contributed by atoms with Gasteiger partial charge in [0.2, 0.25) is 0 Å². The lowest BCUT2D eigenvalue weighted by atomic mass is 9.82. The molecule has 0 bridgehead atoms. The van der Waals surface area contributed by atoms with E-state index in [1.807, 2.05) is 71.2 Å². The van der Waals surface area contributed by atoms with Crippen LogP contribution in [0.4, 0.5) is 0 Å². The van der Waals surface area contributed by atoms with Crippen LogP contribution in [0.5, 0.6) is 5.75 Å². The molecule has 24 heavy (non-hydrogen) atoms. The van der Waals surface area contributed by atoms with Crippen molar-refractivity contribution in [3.8, 4) is 5.75 Å². The molecule has 0 spiro atoms. The van der Waals surface area contributed by atoms with Gasteiger partial charge in [-0.25, -0.2) is 4.79 Å². The summed E-state index contributed by atoms with van der Waals surface area (Å²) < 4.78 is 11.5. The maximum atomic E-state index is 12.4. The van der Waals surface area contributed by atoms with E-state index in [2.05, 4.69) is 4.98 Å². The molecule has 1 unspecified atom stereocenters. The Bertz CT molecular complexity index is 867. The van der Waals surface area contributed by atoms with E-state index in [1.165, 1.54) is 0 Å². The van der Waals surface area contributed by atoms with E-state index in [0.29, 0.717) is 17.1 Å². The van der Waals surface area contributed by atoms with Gasteiger partial charge in [0.1, 0.15) is 17.6 Å². The number of hydrogen-bond donors (Lipinski definition) is 1. The van der Waals surface area contributed by atoms with E-state index in [1.54, 1.807) is 0 Å². The highest BCUT2D eigenvalue weighted by atomic mass is 16.5. The maximum absolute atomic E-state index is 12.4. The number of H-pyrrole nitrogens is 1. The van der Waals surface area contributed by atoms with Gasteiger partial charge < -0.3 is 14.1 Å². The van der Waals surface area contributed by atoms with Crippen LogP contribution in [0.3, 0.4) is 0 Å². The zero-order valence-corrected chi connectivity index (χ0v) is 14.8. The van der Waals surface area contributed by atoms with Gasteiger partial charge in [-0.2, -0.15) is 0 Å². The first-order valence-electron chi connectivity index (χ1n) is 8.15. The van der Waals surface area contributed by atoms with Crippen molar-refractivity contribution in [1.29, 1.82) is 0 Å². The Balaban J connectivity index is 1.97. The number of aromatic amines is 1. The molecule has 1 atom stereocenters. The summed E-state index contributed by atoms with van der Waals surface area (Å²) in [5.74, 6) is 1.22. The normalized spacial score (nSPS) is 19.5. The minimum Gasteiger partial charge on any atom is -0.489 e. The predicted molar refractivity (Wildman–Crippen MR) is 96.3 cm³/mol. The van der Waals surface area contributed by atoms with Gasteiger partial charge in [-0.3, -0.25) is 0 Å². The average Bonchev–Trinajstić information content (AvgIpc) is 3.09. The van der Waals surface area contributed by atoms with Crippen LogP contribution in [-0.4, -0.2) is 11.1 Å². The molecule has 2 aromatic heterocycles. The molecular formula is C20H23NO3. The van der Waals surface area contributed by atoms with Crippen molar-refractivity contribution in [2.24, 2.45) is 0 Å². The van der Waals surface area contributed by atoms with Crippen LogP contribution in [0.25, 0.3) is 12.2 Å². The van der Waals surface area contributed by atoms with Crippen molar-refractivity contribution in [2.75, 3.05) is 0 Å². The van der Waals surface area contributed by atoms with Crippen LogP contribution in [0, 0.1) is 6.92 Å². The molecule has 0 amide bonds. The summed E-state index contributed by atoms with van der Waals surface area (Å²) in [6.07, 6.45) is 7.61. The summed E-state index contributed by atoms with van der Waals surface area (Å²) in [4.78, 5) is 15.6. The molecule has 3 heterocycles. The Morgan fingerprint density at radius 3 is 2.79 bits per heavy atom. The molecule has 1 aliphatic rings. The topological polar surface area (TPSA) is 55.2 Å². The molecule has 0 fully saturated rings. The van der Waals surface area contributed by atoms with Gasteiger partial charge in [-0.1, -0.05) is 19.9 Å². The third-order valence-corrected chi connectivity index (χ3v) is 4.80. The molecule has 0 saturated heterocycles. The van der Waals surface area contributed by atoms with Crippen LogP contribution >= 0.6 is 0 Å². The molecule has 4 nitrogen and oxygen atoms in total. The van der Waals surface area contributed by atoms with E-state index in [0.717, 1.165) is 16.8 Å². The maximum Gasteiger partial charge on any atom is 0.343 e. The molecule has 4 heteroatoms. The van der Waals surface area contributed by atoms with Crippen LogP contribution in [0.15, 0.2) is 39.2 Å². The van der Waals surface area contributed by atoms with Crippen LogP contribution in [0.2, 0.25) is 0 Å². The van der Waals surface area contributed by atoms with Crippen LogP contribution in [0.1, 0.15) is 50.3 Å². The lowest BCUT2D eigenvalue weighted by molar-refractivity contribution is 0.184.